The van der Waals surface area contributed by atoms with Crippen LogP contribution in [0.2, 0.25) is 0 Å². The Balaban J connectivity index is 2.08. The average molecular weight is 298 g/mol. The number of carboxylic acids is 1. The molecule has 3 rings (SSSR count). The number of fused-ring (bicyclic) bond motifs is 1. The Morgan fingerprint density at radius 3 is 2.59 bits per heavy atom. The normalized spacial score (nSPS) is 10.8. The monoisotopic (exact) mass is 298 g/mol. The summed E-state index contributed by atoms with van der Waals surface area (Å²) in [6.07, 6.45) is 3.04. The van der Waals surface area contributed by atoms with Crippen molar-refractivity contribution in [2.75, 3.05) is 0 Å². The molecule has 5 nitrogen and oxygen atoms in total. The van der Waals surface area contributed by atoms with Gasteiger partial charge in [-0.25, -0.2) is 14.2 Å². The molecule has 0 amide bonds. The third-order valence-corrected chi connectivity index (χ3v) is 3.34. The molecule has 0 radical (unpaired) electrons. The van der Waals surface area contributed by atoms with Crippen molar-refractivity contribution in [1.29, 1.82) is 0 Å². The Morgan fingerprint density at radius 2 is 1.91 bits per heavy atom. The fourth-order valence-corrected chi connectivity index (χ4v) is 2.33. The van der Waals surface area contributed by atoms with E-state index in [1.807, 2.05) is 0 Å². The Morgan fingerprint density at radius 1 is 1.18 bits per heavy atom. The number of ketones is 1. The zero-order valence-electron chi connectivity index (χ0n) is 11.4. The van der Waals surface area contributed by atoms with Gasteiger partial charge in [0, 0.05) is 24.3 Å². The van der Waals surface area contributed by atoms with Crippen molar-refractivity contribution >= 4 is 22.8 Å². The van der Waals surface area contributed by atoms with Crippen molar-refractivity contribution in [1.82, 2.24) is 9.55 Å². The van der Waals surface area contributed by atoms with Crippen molar-refractivity contribution in [3.05, 3.63) is 65.7 Å². The first kappa shape index (κ1) is 13.9. The van der Waals surface area contributed by atoms with Gasteiger partial charge in [0.15, 0.2) is 0 Å². The number of carbonyl (C=O) groups excluding carboxylic acids is 1. The maximum Gasteiger partial charge on any atom is 0.377 e. The second-order valence-corrected chi connectivity index (χ2v) is 4.81. The second kappa shape index (κ2) is 5.40. The third kappa shape index (κ3) is 2.46. The number of aliphatic carboxylic acids is 1. The molecule has 0 spiro atoms. The maximum absolute atomic E-state index is 12.9. The minimum absolute atomic E-state index is 0.0951. The number of Topliss-reactive ketones (excluding diaryl/α,β-unsaturated/α-hetero) is 1. The number of halogens is 1. The first-order valence-electron chi connectivity index (χ1n) is 6.52. The van der Waals surface area contributed by atoms with Crippen LogP contribution in [0, 0.1) is 5.82 Å². The standard InChI is InChI=1S/C16H11FN2O3/c17-11-5-3-10(4-6-11)8-19-9-13(14(20)16(21)22)12-2-1-7-18-15(12)19/h1-7,9H,8H2,(H,21,22). The van der Waals surface area contributed by atoms with Crippen LogP contribution in [0.4, 0.5) is 4.39 Å². The number of benzene rings is 1. The minimum atomic E-state index is -1.51. The first-order chi connectivity index (χ1) is 10.6. The topological polar surface area (TPSA) is 72.2 Å². The Labute approximate surface area is 124 Å². The van der Waals surface area contributed by atoms with E-state index in [-0.39, 0.29) is 11.4 Å². The Kier molecular flexibility index (Phi) is 3.42. The molecule has 1 aromatic carbocycles. The summed E-state index contributed by atoms with van der Waals surface area (Å²) in [5, 5.41) is 9.39. The number of pyridine rings is 1. The highest BCUT2D eigenvalue weighted by Crippen LogP contribution is 2.21. The zero-order valence-corrected chi connectivity index (χ0v) is 11.4. The van der Waals surface area contributed by atoms with Gasteiger partial charge < -0.3 is 9.67 Å². The summed E-state index contributed by atoms with van der Waals surface area (Å²) < 4.78 is 14.6. The molecule has 0 atom stereocenters. The van der Waals surface area contributed by atoms with Crippen LogP contribution < -0.4 is 0 Å². The predicted molar refractivity (Wildman–Crippen MR) is 77.2 cm³/mol. The van der Waals surface area contributed by atoms with Crippen LogP contribution in [0.5, 0.6) is 0 Å². The van der Waals surface area contributed by atoms with Gasteiger partial charge in [0.2, 0.25) is 0 Å². The van der Waals surface area contributed by atoms with Gasteiger partial charge in [-0.2, -0.15) is 0 Å². The summed E-state index contributed by atoms with van der Waals surface area (Å²) in [4.78, 5) is 26.9. The number of hydrogen-bond donors (Lipinski definition) is 1. The van der Waals surface area contributed by atoms with Crippen LogP contribution in [0.25, 0.3) is 11.0 Å². The molecule has 0 bridgehead atoms. The van der Waals surface area contributed by atoms with Gasteiger partial charge in [0.25, 0.3) is 5.78 Å². The van der Waals surface area contributed by atoms with Gasteiger partial charge in [-0.3, -0.25) is 4.79 Å². The molecule has 2 aromatic heterocycles. The van der Waals surface area contributed by atoms with Crippen molar-refractivity contribution in [3.63, 3.8) is 0 Å². The molecule has 0 fully saturated rings. The fraction of sp³-hybridized carbons (Fsp3) is 0.0625. The lowest BCUT2D eigenvalue weighted by Crippen LogP contribution is -2.12. The minimum Gasteiger partial charge on any atom is -0.475 e. The summed E-state index contributed by atoms with van der Waals surface area (Å²) in [5.74, 6) is -2.82. The van der Waals surface area contributed by atoms with Gasteiger partial charge >= 0.3 is 5.97 Å². The molecule has 2 heterocycles. The fourth-order valence-electron chi connectivity index (χ4n) is 2.33. The number of carbonyl (C=O) groups is 2. The highest BCUT2D eigenvalue weighted by Gasteiger charge is 2.21. The molecule has 6 heteroatoms. The van der Waals surface area contributed by atoms with E-state index in [0.717, 1.165) is 5.56 Å². The summed E-state index contributed by atoms with van der Waals surface area (Å²) in [6, 6.07) is 9.24. The number of carboxylic acid groups (broad SMARTS) is 1. The van der Waals surface area contributed by atoms with E-state index < -0.39 is 11.8 Å². The van der Waals surface area contributed by atoms with Crippen LogP contribution in [0.3, 0.4) is 0 Å². The Hall–Kier alpha value is -3.02. The molecule has 0 aliphatic carbocycles. The largest absolute Gasteiger partial charge is 0.475 e. The number of nitrogens with zero attached hydrogens (tertiary/aromatic N) is 2. The highest BCUT2D eigenvalue weighted by molar-refractivity contribution is 6.42. The first-order valence-corrected chi connectivity index (χ1v) is 6.52. The van der Waals surface area contributed by atoms with E-state index in [1.165, 1.54) is 18.3 Å². The Bertz CT molecular complexity index is 869. The lowest BCUT2D eigenvalue weighted by molar-refractivity contribution is -0.131. The van der Waals surface area contributed by atoms with Gasteiger partial charge in [-0.15, -0.1) is 0 Å². The third-order valence-electron chi connectivity index (χ3n) is 3.34. The van der Waals surface area contributed by atoms with E-state index in [2.05, 4.69) is 4.98 Å². The van der Waals surface area contributed by atoms with Crippen LogP contribution in [-0.2, 0) is 11.3 Å². The summed E-state index contributed by atoms with van der Waals surface area (Å²) in [6.45, 7) is 0.362. The lowest BCUT2D eigenvalue weighted by atomic mass is 10.1. The second-order valence-electron chi connectivity index (χ2n) is 4.81. The molecule has 0 saturated heterocycles. The van der Waals surface area contributed by atoms with Crippen molar-refractivity contribution < 1.29 is 19.1 Å². The van der Waals surface area contributed by atoms with Gasteiger partial charge in [-0.05, 0) is 29.8 Å². The number of rotatable bonds is 4. The van der Waals surface area contributed by atoms with Crippen molar-refractivity contribution in [3.8, 4) is 0 Å². The molecular weight excluding hydrogens is 287 g/mol. The van der Waals surface area contributed by atoms with Gasteiger partial charge in [0.1, 0.15) is 11.5 Å². The van der Waals surface area contributed by atoms with Crippen LogP contribution >= 0.6 is 0 Å². The van der Waals surface area contributed by atoms with Gasteiger partial charge in [-0.1, -0.05) is 12.1 Å². The molecule has 22 heavy (non-hydrogen) atoms. The van der Waals surface area contributed by atoms with Crippen LogP contribution in [0.1, 0.15) is 15.9 Å². The smallest absolute Gasteiger partial charge is 0.377 e. The molecule has 110 valence electrons. The van der Waals surface area contributed by atoms with E-state index in [4.69, 9.17) is 5.11 Å². The van der Waals surface area contributed by atoms with Crippen molar-refractivity contribution in [2.45, 2.75) is 6.54 Å². The summed E-state index contributed by atoms with van der Waals surface area (Å²) >= 11 is 0. The van der Waals surface area contributed by atoms with Crippen LogP contribution in [0.15, 0.2) is 48.8 Å². The van der Waals surface area contributed by atoms with E-state index in [9.17, 15) is 14.0 Å². The summed E-state index contributed by atoms with van der Waals surface area (Å²) in [5.41, 5.74) is 1.42. The predicted octanol–water partition coefficient (Wildman–Crippen LogP) is 2.49. The number of aromatic nitrogens is 2. The molecular formula is C16H11FN2O3. The van der Waals surface area contributed by atoms with E-state index >= 15 is 0 Å². The molecule has 0 saturated carbocycles. The number of hydrogen-bond acceptors (Lipinski definition) is 3. The van der Waals surface area contributed by atoms with E-state index in [1.54, 1.807) is 35.0 Å². The lowest BCUT2D eigenvalue weighted by Gasteiger charge is -2.04. The molecule has 0 unspecified atom stereocenters. The maximum atomic E-state index is 12.9. The zero-order chi connectivity index (χ0) is 15.7. The summed E-state index contributed by atoms with van der Waals surface area (Å²) in [7, 11) is 0. The van der Waals surface area contributed by atoms with E-state index in [0.29, 0.717) is 17.6 Å². The van der Waals surface area contributed by atoms with Crippen molar-refractivity contribution in [2.24, 2.45) is 0 Å². The molecule has 3 aromatic rings. The highest BCUT2D eigenvalue weighted by atomic mass is 19.1. The quantitative estimate of drug-likeness (QED) is 0.593. The molecule has 0 aliphatic heterocycles. The van der Waals surface area contributed by atoms with Gasteiger partial charge in [0.05, 0.1) is 5.56 Å². The average Bonchev–Trinajstić information content (AvgIpc) is 2.88. The molecule has 1 N–H and O–H groups in total. The van der Waals surface area contributed by atoms with Crippen LogP contribution in [-0.4, -0.2) is 26.4 Å². The SMILES string of the molecule is O=C(O)C(=O)c1cn(Cc2ccc(F)cc2)c2ncccc12. The molecule has 0 aliphatic rings.